The van der Waals surface area contributed by atoms with Crippen LogP contribution < -0.4 is 15.8 Å². The first-order valence-corrected chi connectivity index (χ1v) is 7.23. The van der Waals surface area contributed by atoms with Gasteiger partial charge in [-0.05, 0) is 37.0 Å². The summed E-state index contributed by atoms with van der Waals surface area (Å²) in [6, 6.07) is 7.89. The lowest BCUT2D eigenvalue weighted by Gasteiger charge is -2.28. The number of nitrogens with two attached hydrogens (primary N) is 1. The van der Waals surface area contributed by atoms with E-state index in [2.05, 4.69) is 5.32 Å². The van der Waals surface area contributed by atoms with Gasteiger partial charge in [0.15, 0.2) is 0 Å². The van der Waals surface area contributed by atoms with E-state index in [1.54, 1.807) is 7.11 Å². The Labute approximate surface area is 121 Å². The van der Waals surface area contributed by atoms with E-state index in [0.717, 1.165) is 25.0 Å². The largest absolute Gasteiger partial charge is 0.497 e. The van der Waals surface area contributed by atoms with Crippen LogP contribution in [-0.4, -0.2) is 26.1 Å². The van der Waals surface area contributed by atoms with E-state index in [9.17, 15) is 4.79 Å². The Morgan fingerprint density at radius 3 is 2.30 bits per heavy atom. The first kappa shape index (κ1) is 16.5. The average Bonchev–Trinajstić information content (AvgIpc) is 2.50. The lowest BCUT2D eigenvalue weighted by atomic mass is 9.81. The maximum absolute atomic E-state index is 12.2. The summed E-state index contributed by atoms with van der Waals surface area (Å²) in [5, 5.41) is 3.00. The van der Waals surface area contributed by atoms with Crippen molar-refractivity contribution in [2.24, 2.45) is 11.1 Å². The monoisotopic (exact) mass is 278 g/mol. The molecule has 0 aliphatic carbocycles. The molecule has 0 unspecified atom stereocenters. The van der Waals surface area contributed by atoms with E-state index < -0.39 is 5.41 Å². The molecule has 0 bridgehead atoms. The quantitative estimate of drug-likeness (QED) is 0.765. The minimum atomic E-state index is -0.417. The SMILES string of the molecule is CCC(CC)(CN)C(=O)NCCc1ccc(OC)cc1. The fourth-order valence-corrected chi connectivity index (χ4v) is 2.25. The molecule has 0 spiro atoms. The van der Waals surface area contributed by atoms with Crippen LogP contribution in [0.1, 0.15) is 32.3 Å². The number of nitrogens with one attached hydrogen (secondary N) is 1. The molecular weight excluding hydrogens is 252 g/mol. The van der Waals surface area contributed by atoms with Gasteiger partial charge in [-0.15, -0.1) is 0 Å². The number of benzene rings is 1. The van der Waals surface area contributed by atoms with Crippen LogP contribution in [0.15, 0.2) is 24.3 Å². The van der Waals surface area contributed by atoms with Crippen molar-refractivity contribution in [2.75, 3.05) is 20.2 Å². The number of methoxy groups -OCH3 is 1. The van der Waals surface area contributed by atoms with Crippen LogP contribution in [0.3, 0.4) is 0 Å². The van der Waals surface area contributed by atoms with Crippen LogP contribution in [0.25, 0.3) is 0 Å². The molecule has 20 heavy (non-hydrogen) atoms. The molecule has 1 rings (SSSR count). The second-order valence-electron chi connectivity index (χ2n) is 5.05. The normalized spacial score (nSPS) is 11.2. The van der Waals surface area contributed by atoms with Crippen molar-refractivity contribution in [1.29, 1.82) is 0 Å². The molecule has 1 aromatic carbocycles. The van der Waals surface area contributed by atoms with Crippen molar-refractivity contribution in [3.63, 3.8) is 0 Å². The van der Waals surface area contributed by atoms with Crippen molar-refractivity contribution in [3.05, 3.63) is 29.8 Å². The van der Waals surface area contributed by atoms with Crippen molar-refractivity contribution in [2.45, 2.75) is 33.1 Å². The van der Waals surface area contributed by atoms with Gasteiger partial charge in [0.05, 0.1) is 12.5 Å². The second kappa shape index (κ2) is 7.90. The lowest BCUT2D eigenvalue weighted by molar-refractivity contribution is -0.131. The van der Waals surface area contributed by atoms with Crippen LogP contribution in [0.4, 0.5) is 0 Å². The molecule has 0 radical (unpaired) electrons. The van der Waals surface area contributed by atoms with Crippen LogP contribution in [0.2, 0.25) is 0 Å². The molecule has 112 valence electrons. The van der Waals surface area contributed by atoms with Crippen LogP contribution in [0.5, 0.6) is 5.75 Å². The zero-order valence-electron chi connectivity index (χ0n) is 12.7. The van der Waals surface area contributed by atoms with Gasteiger partial charge in [0, 0.05) is 13.1 Å². The fourth-order valence-electron chi connectivity index (χ4n) is 2.25. The summed E-state index contributed by atoms with van der Waals surface area (Å²) in [4.78, 5) is 12.2. The minimum absolute atomic E-state index is 0.0681. The van der Waals surface area contributed by atoms with Gasteiger partial charge in [0.1, 0.15) is 5.75 Å². The zero-order valence-corrected chi connectivity index (χ0v) is 12.7. The third kappa shape index (κ3) is 3.97. The van der Waals surface area contributed by atoms with E-state index >= 15 is 0 Å². The summed E-state index contributed by atoms with van der Waals surface area (Å²) in [6.07, 6.45) is 2.35. The van der Waals surface area contributed by atoms with Crippen molar-refractivity contribution in [3.8, 4) is 5.75 Å². The molecule has 1 aromatic rings. The zero-order chi connectivity index (χ0) is 15.0. The van der Waals surface area contributed by atoms with Gasteiger partial charge in [0.25, 0.3) is 0 Å². The van der Waals surface area contributed by atoms with Crippen molar-refractivity contribution >= 4 is 5.91 Å². The topological polar surface area (TPSA) is 64.4 Å². The predicted molar refractivity (Wildman–Crippen MR) is 81.8 cm³/mol. The van der Waals surface area contributed by atoms with E-state index in [-0.39, 0.29) is 5.91 Å². The average molecular weight is 278 g/mol. The minimum Gasteiger partial charge on any atom is -0.497 e. The Balaban J connectivity index is 2.48. The van der Waals surface area contributed by atoms with Crippen molar-refractivity contribution < 1.29 is 9.53 Å². The molecule has 0 saturated heterocycles. The third-order valence-electron chi connectivity index (χ3n) is 4.08. The van der Waals surface area contributed by atoms with Crippen LogP contribution in [0, 0.1) is 5.41 Å². The van der Waals surface area contributed by atoms with Crippen LogP contribution in [-0.2, 0) is 11.2 Å². The lowest BCUT2D eigenvalue weighted by Crippen LogP contribution is -2.45. The van der Waals surface area contributed by atoms with Gasteiger partial charge < -0.3 is 15.8 Å². The maximum Gasteiger partial charge on any atom is 0.227 e. The molecule has 0 heterocycles. The van der Waals surface area contributed by atoms with Crippen molar-refractivity contribution in [1.82, 2.24) is 5.32 Å². The Kier molecular flexibility index (Phi) is 6.52. The highest BCUT2D eigenvalue weighted by Gasteiger charge is 2.32. The summed E-state index contributed by atoms with van der Waals surface area (Å²) < 4.78 is 5.12. The molecule has 0 aliphatic heterocycles. The summed E-state index contributed by atoms with van der Waals surface area (Å²) >= 11 is 0. The van der Waals surface area contributed by atoms with Crippen LogP contribution >= 0.6 is 0 Å². The van der Waals surface area contributed by atoms with E-state index in [0.29, 0.717) is 13.1 Å². The molecule has 0 saturated carbocycles. The number of hydrogen-bond donors (Lipinski definition) is 2. The predicted octanol–water partition coefficient (Wildman–Crippen LogP) is 2.12. The molecular formula is C16H26N2O2. The van der Waals surface area contributed by atoms with Gasteiger partial charge in [0.2, 0.25) is 5.91 Å². The smallest absolute Gasteiger partial charge is 0.227 e. The molecule has 0 fully saturated rings. The van der Waals surface area contributed by atoms with Gasteiger partial charge in [-0.25, -0.2) is 0 Å². The molecule has 3 N–H and O–H groups in total. The van der Waals surface area contributed by atoms with E-state index in [1.165, 1.54) is 5.56 Å². The number of hydrogen-bond acceptors (Lipinski definition) is 3. The summed E-state index contributed by atoms with van der Waals surface area (Å²) in [5.41, 5.74) is 6.53. The van der Waals surface area contributed by atoms with E-state index in [1.807, 2.05) is 38.1 Å². The highest BCUT2D eigenvalue weighted by Crippen LogP contribution is 2.24. The number of carbonyl (C=O) groups excluding carboxylic acids is 1. The Morgan fingerprint density at radius 1 is 1.25 bits per heavy atom. The maximum atomic E-state index is 12.2. The molecule has 0 aliphatic rings. The molecule has 1 amide bonds. The standard InChI is InChI=1S/C16H26N2O2/c1-4-16(5-2,12-17)15(19)18-11-10-13-6-8-14(20-3)9-7-13/h6-9H,4-5,10-12,17H2,1-3H3,(H,18,19). The highest BCUT2D eigenvalue weighted by molar-refractivity contribution is 5.82. The number of amides is 1. The first-order chi connectivity index (χ1) is 9.61. The second-order valence-corrected chi connectivity index (χ2v) is 5.05. The van der Waals surface area contributed by atoms with Gasteiger partial charge in [-0.1, -0.05) is 26.0 Å². The number of carbonyl (C=O) groups is 1. The van der Waals surface area contributed by atoms with Gasteiger partial charge in [-0.3, -0.25) is 4.79 Å². The molecule has 0 aromatic heterocycles. The Morgan fingerprint density at radius 2 is 1.85 bits per heavy atom. The summed E-state index contributed by atoms with van der Waals surface area (Å²) in [6.45, 7) is 5.06. The molecule has 0 atom stereocenters. The number of ether oxygens (including phenoxy) is 1. The summed E-state index contributed by atoms with van der Waals surface area (Å²) in [7, 11) is 1.65. The number of rotatable bonds is 8. The van der Waals surface area contributed by atoms with Gasteiger partial charge in [-0.2, -0.15) is 0 Å². The first-order valence-electron chi connectivity index (χ1n) is 7.23. The Hall–Kier alpha value is -1.55. The third-order valence-corrected chi connectivity index (χ3v) is 4.08. The summed E-state index contributed by atoms with van der Waals surface area (Å²) in [5.74, 6) is 0.912. The molecule has 4 nitrogen and oxygen atoms in total. The Bertz CT molecular complexity index is 403. The molecule has 4 heteroatoms. The van der Waals surface area contributed by atoms with Gasteiger partial charge >= 0.3 is 0 Å². The fraction of sp³-hybridized carbons (Fsp3) is 0.562. The van der Waals surface area contributed by atoms with E-state index in [4.69, 9.17) is 10.5 Å². The highest BCUT2D eigenvalue weighted by atomic mass is 16.5.